The zero-order chi connectivity index (χ0) is 18.9. The molecule has 0 bridgehead atoms. The fraction of sp³-hybridized carbons (Fsp3) is 0.167. The third-order valence-corrected chi connectivity index (χ3v) is 3.23. The minimum Gasteiger partial charge on any atom is -0.455 e. The molecule has 0 aliphatic carbocycles. The van der Waals surface area contributed by atoms with E-state index in [2.05, 4.69) is 10.6 Å². The van der Waals surface area contributed by atoms with Crippen molar-refractivity contribution in [2.24, 2.45) is 0 Å². The van der Waals surface area contributed by atoms with Crippen LogP contribution in [0.1, 0.15) is 5.56 Å². The van der Waals surface area contributed by atoms with Gasteiger partial charge >= 0.3 is 5.97 Å². The summed E-state index contributed by atoms with van der Waals surface area (Å²) in [4.78, 5) is 34.8. The van der Waals surface area contributed by atoms with E-state index in [0.717, 1.165) is 0 Å². The average Bonchev–Trinajstić information content (AvgIpc) is 2.62. The molecular weight excluding hydrogens is 346 g/mol. The van der Waals surface area contributed by atoms with Gasteiger partial charge in [-0.15, -0.1) is 0 Å². The van der Waals surface area contributed by atoms with Crippen molar-refractivity contribution in [1.29, 1.82) is 0 Å². The first-order valence-corrected chi connectivity index (χ1v) is 7.65. The maximum Gasteiger partial charge on any atom is 0.310 e. The number of anilines is 1. The second kappa shape index (κ2) is 9.26. The highest BCUT2D eigenvalue weighted by Crippen LogP contribution is 2.08. The Labute approximate surface area is 148 Å². The van der Waals surface area contributed by atoms with Crippen molar-refractivity contribution in [3.8, 4) is 0 Å². The summed E-state index contributed by atoms with van der Waals surface area (Å²) < 4.78 is 30.9. The Morgan fingerprint density at radius 2 is 1.62 bits per heavy atom. The van der Waals surface area contributed by atoms with Crippen molar-refractivity contribution in [2.45, 2.75) is 6.42 Å². The van der Waals surface area contributed by atoms with Gasteiger partial charge in [0.2, 0.25) is 5.91 Å². The molecule has 0 aliphatic heterocycles. The normalized spacial score (nSPS) is 10.1. The predicted octanol–water partition coefficient (Wildman–Crippen LogP) is 1.81. The molecule has 2 rings (SSSR count). The quantitative estimate of drug-likeness (QED) is 0.736. The molecule has 2 amide bonds. The summed E-state index contributed by atoms with van der Waals surface area (Å²) in [5.74, 6) is -2.94. The fourth-order valence-electron chi connectivity index (χ4n) is 1.96. The van der Waals surface area contributed by atoms with Crippen molar-refractivity contribution in [2.75, 3.05) is 18.5 Å². The van der Waals surface area contributed by atoms with Crippen LogP contribution in [0.15, 0.2) is 48.5 Å². The largest absolute Gasteiger partial charge is 0.455 e. The van der Waals surface area contributed by atoms with Gasteiger partial charge in [-0.2, -0.15) is 0 Å². The van der Waals surface area contributed by atoms with Gasteiger partial charge in [-0.1, -0.05) is 18.2 Å². The summed E-state index contributed by atoms with van der Waals surface area (Å²) in [5.41, 5.74) is 0.540. The van der Waals surface area contributed by atoms with Crippen molar-refractivity contribution in [1.82, 2.24) is 5.32 Å². The Hall–Kier alpha value is -3.29. The molecule has 2 aromatic rings. The van der Waals surface area contributed by atoms with E-state index in [1.165, 1.54) is 42.5 Å². The second-order valence-corrected chi connectivity index (χ2v) is 5.26. The van der Waals surface area contributed by atoms with E-state index in [9.17, 15) is 23.2 Å². The lowest BCUT2D eigenvalue weighted by molar-refractivity contribution is -0.147. The van der Waals surface area contributed by atoms with Crippen molar-refractivity contribution >= 4 is 23.5 Å². The third kappa shape index (κ3) is 6.31. The van der Waals surface area contributed by atoms with Gasteiger partial charge in [0.1, 0.15) is 11.6 Å². The van der Waals surface area contributed by atoms with Crippen LogP contribution >= 0.6 is 0 Å². The number of carbonyl (C=O) groups is 3. The maximum absolute atomic E-state index is 13.4. The van der Waals surface area contributed by atoms with Crippen LogP contribution in [0, 0.1) is 11.6 Å². The number of nitrogens with one attached hydrogen (secondary N) is 2. The van der Waals surface area contributed by atoms with Crippen LogP contribution in [0.5, 0.6) is 0 Å². The molecule has 0 fully saturated rings. The van der Waals surface area contributed by atoms with Crippen molar-refractivity contribution in [3.63, 3.8) is 0 Å². The maximum atomic E-state index is 13.4. The molecule has 2 aromatic carbocycles. The van der Waals surface area contributed by atoms with Gasteiger partial charge in [-0.3, -0.25) is 14.4 Å². The molecule has 0 saturated heterocycles. The van der Waals surface area contributed by atoms with Gasteiger partial charge in [0.15, 0.2) is 6.61 Å². The third-order valence-electron chi connectivity index (χ3n) is 3.23. The molecule has 26 heavy (non-hydrogen) atoms. The van der Waals surface area contributed by atoms with Crippen LogP contribution in [0.25, 0.3) is 0 Å². The molecule has 136 valence electrons. The number of ether oxygens (including phenoxy) is 1. The van der Waals surface area contributed by atoms with Crippen LogP contribution in [-0.4, -0.2) is 30.9 Å². The monoisotopic (exact) mass is 362 g/mol. The molecule has 0 heterocycles. The zero-order valence-corrected chi connectivity index (χ0v) is 13.6. The van der Waals surface area contributed by atoms with Gasteiger partial charge in [0.05, 0.1) is 13.0 Å². The molecule has 0 unspecified atom stereocenters. The summed E-state index contributed by atoms with van der Waals surface area (Å²) in [6.07, 6.45) is -0.301. The predicted molar refractivity (Wildman–Crippen MR) is 89.1 cm³/mol. The summed E-state index contributed by atoms with van der Waals surface area (Å²) in [5, 5.41) is 4.73. The lowest BCUT2D eigenvalue weighted by Crippen LogP contribution is -2.35. The Morgan fingerprint density at radius 1 is 0.923 bits per heavy atom. The van der Waals surface area contributed by atoms with Crippen LogP contribution in [0.3, 0.4) is 0 Å². The molecular formula is C18H16F2N2O4. The van der Waals surface area contributed by atoms with Crippen molar-refractivity contribution in [3.05, 3.63) is 65.7 Å². The highest BCUT2D eigenvalue weighted by atomic mass is 19.1. The standard InChI is InChI=1S/C18H16F2N2O4/c19-13-5-7-14(8-6-13)22-16(23)10-21-17(24)11-26-18(25)9-12-3-1-2-4-15(12)20/h1-8H,9-11H2,(H,21,24)(H,22,23). The van der Waals surface area contributed by atoms with Crippen LogP contribution in [0.2, 0.25) is 0 Å². The van der Waals surface area contributed by atoms with Crippen LogP contribution in [0.4, 0.5) is 14.5 Å². The van der Waals surface area contributed by atoms with Gasteiger partial charge in [-0.05, 0) is 35.9 Å². The average molecular weight is 362 g/mol. The van der Waals surface area contributed by atoms with Crippen molar-refractivity contribution < 1.29 is 27.9 Å². The number of halogens is 2. The summed E-state index contributed by atoms with van der Waals surface area (Å²) in [6, 6.07) is 10.9. The SMILES string of the molecule is O=C(COC(=O)Cc1ccccc1F)NCC(=O)Nc1ccc(F)cc1. The van der Waals surface area contributed by atoms with Crippen LogP contribution < -0.4 is 10.6 Å². The fourth-order valence-corrected chi connectivity index (χ4v) is 1.96. The number of esters is 1. The lowest BCUT2D eigenvalue weighted by atomic mass is 10.1. The Bertz CT molecular complexity index is 794. The number of hydrogen-bond acceptors (Lipinski definition) is 4. The molecule has 0 aromatic heterocycles. The van der Waals surface area contributed by atoms with Gasteiger partial charge in [0, 0.05) is 5.69 Å². The lowest BCUT2D eigenvalue weighted by Gasteiger charge is -2.08. The van der Waals surface area contributed by atoms with Gasteiger partial charge < -0.3 is 15.4 Å². The highest BCUT2D eigenvalue weighted by Gasteiger charge is 2.12. The Kier molecular flexibility index (Phi) is 6.78. The molecule has 6 nitrogen and oxygen atoms in total. The topological polar surface area (TPSA) is 84.5 Å². The number of hydrogen-bond donors (Lipinski definition) is 2. The first kappa shape index (κ1) is 19.0. The number of carbonyl (C=O) groups excluding carboxylic acids is 3. The van der Waals surface area contributed by atoms with Gasteiger partial charge in [-0.25, -0.2) is 8.78 Å². The second-order valence-electron chi connectivity index (χ2n) is 5.26. The summed E-state index contributed by atoms with van der Waals surface area (Å²) >= 11 is 0. The summed E-state index contributed by atoms with van der Waals surface area (Å²) in [6.45, 7) is -0.932. The van der Waals surface area contributed by atoms with E-state index in [1.54, 1.807) is 6.07 Å². The molecule has 0 atom stereocenters. The minimum absolute atomic E-state index is 0.164. The van der Waals surface area contributed by atoms with Gasteiger partial charge in [0.25, 0.3) is 5.91 Å². The summed E-state index contributed by atoms with van der Waals surface area (Å²) in [7, 11) is 0. The van der Waals surface area contributed by atoms with Crippen LogP contribution in [-0.2, 0) is 25.5 Å². The van der Waals surface area contributed by atoms with E-state index in [4.69, 9.17) is 4.74 Å². The smallest absolute Gasteiger partial charge is 0.310 e. The number of rotatable bonds is 7. The molecule has 0 radical (unpaired) electrons. The minimum atomic E-state index is -0.763. The number of benzene rings is 2. The highest BCUT2D eigenvalue weighted by molar-refractivity contribution is 5.94. The van der Waals surface area contributed by atoms with E-state index in [-0.39, 0.29) is 18.5 Å². The van der Waals surface area contributed by atoms with E-state index in [0.29, 0.717) is 5.69 Å². The first-order chi connectivity index (χ1) is 12.4. The molecule has 0 aliphatic rings. The Morgan fingerprint density at radius 3 is 2.31 bits per heavy atom. The molecule has 2 N–H and O–H groups in total. The van der Waals surface area contributed by atoms with E-state index in [1.807, 2.05) is 0 Å². The molecule has 0 spiro atoms. The van der Waals surface area contributed by atoms with E-state index < -0.39 is 36.0 Å². The molecule has 0 saturated carbocycles. The number of amides is 2. The Balaban J connectivity index is 1.68. The first-order valence-electron chi connectivity index (χ1n) is 7.65. The van der Waals surface area contributed by atoms with E-state index >= 15 is 0 Å². The zero-order valence-electron chi connectivity index (χ0n) is 13.6. The molecule has 8 heteroatoms.